The van der Waals surface area contributed by atoms with Crippen molar-refractivity contribution in [2.75, 3.05) is 22.3 Å². The van der Waals surface area contributed by atoms with E-state index in [4.69, 9.17) is 5.11 Å². The summed E-state index contributed by atoms with van der Waals surface area (Å²) in [5.74, 6) is -0.956. The first-order valence-electron chi connectivity index (χ1n) is 6.69. The van der Waals surface area contributed by atoms with Gasteiger partial charge in [0.25, 0.3) is 0 Å². The summed E-state index contributed by atoms with van der Waals surface area (Å²) in [4.78, 5) is 21.8. The van der Waals surface area contributed by atoms with Crippen LogP contribution in [-0.2, 0) is 14.8 Å². The van der Waals surface area contributed by atoms with E-state index in [2.05, 4.69) is 15.4 Å². The molecule has 0 spiro atoms. The first kappa shape index (κ1) is 17.8. The molecule has 0 saturated heterocycles. The number of carboxylic acid groups (broad SMARTS) is 1. The zero-order valence-corrected chi connectivity index (χ0v) is 12.9. The summed E-state index contributed by atoms with van der Waals surface area (Å²) in [6.45, 7) is 1.80. The van der Waals surface area contributed by atoms with Crippen LogP contribution in [0.25, 0.3) is 0 Å². The normalized spacial score (nSPS) is 10.8. The number of carbonyl (C=O) groups excluding carboxylic acids is 1. The van der Waals surface area contributed by atoms with E-state index >= 15 is 0 Å². The van der Waals surface area contributed by atoms with Crippen molar-refractivity contribution in [2.45, 2.75) is 19.8 Å². The van der Waals surface area contributed by atoms with Gasteiger partial charge in [0.2, 0.25) is 10.0 Å². The van der Waals surface area contributed by atoms with Crippen LogP contribution in [0, 0.1) is 0 Å². The van der Waals surface area contributed by atoms with Gasteiger partial charge in [-0.2, -0.15) is 0 Å². The highest BCUT2D eigenvalue weighted by atomic mass is 32.2. The van der Waals surface area contributed by atoms with Crippen LogP contribution in [0.4, 0.5) is 16.2 Å². The number of amides is 2. The lowest BCUT2D eigenvalue weighted by molar-refractivity contribution is -0.136. The molecule has 9 heteroatoms. The molecule has 0 heterocycles. The van der Waals surface area contributed by atoms with E-state index in [1.54, 1.807) is 19.1 Å². The minimum Gasteiger partial charge on any atom is -0.481 e. The van der Waals surface area contributed by atoms with Crippen LogP contribution in [-0.4, -0.2) is 37.8 Å². The number of nitrogens with one attached hydrogen (secondary N) is 3. The second-order valence-corrected chi connectivity index (χ2v) is 6.36. The van der Waals surface area contributed by atoms with Gasteiger partial charge in [-0.1, -0.05) is 6.92 Å². The number of sulfonamides is 1. The number of rotatable bonds is 8. The molecule has 4 N–H and O–H groups in total. The number of benzene rings is 1. The molecule has 0 atom stereocenters. The summed E-state index contributed by atoms with van der Waals surface area (Å²) in [6.07, 6.45) is 0.358. The Hall–Kier alpha value is -2.29. The van der Waals surface area contributed by atoms with Gasteiger partial charge in [0.05, 0.1) is 12.2 Å². The van der Waals surface area contributed by atoms with Crippen LogP contribution in [0.3, 0.4) is 0 Å². The maximum atomic E-state index is 11.6. The average molecular weight is 329 g/mol. The Labute approximate surface area is 129 Å². The molecule has 1 aromatic rings. The Morgan fingerprint density at radius 2 is 1.73 bits per heavy atom. The second kappa shape index (κ2) is 8.23. The molecular formula is C13H19N3O5S. The SMILES string of the molecule is CCCS(=O)(=O)Nc1ccc(NC(=O)NCCC(=O)O)cc1. The van der Waals surface area contributed by atoms with Crippen LogP contribution < -0.4 is 15.4 Å². The number of hydrogen-bond donors (Lipinski definition) is 4. The minimum absolute atomic E-state index is 0.0239. The van der Waals surface area contributed by atoms with Crippen LogP contribution >= 0.6 is 0 Å². The fourth-order valence-electron chi connectivity index (χ4n) is 1.58. The van der Waals surface area contributed by atoms with Crippen molar-refractivity contribution in [1.29, 1.82) is 0 Å². The van der Waals surface area contributed by atoms with Crippen LogP contribution in [0.5, 0.6) is 0 Å². The third kappa shape index (κ3) is 6.93. The van der Waals surface area contributed by atoms with Gasteiger partial charge in [0.15, 0.2) is 0 Å². The molecule has 2 amide bonds. The van der Waals surface area contributed by atoms with Gasteiger partial charge < -0.3 is 15.7 Å². The molecule has 0 bridgehead atoms. The standard InChI is InChI=1S/C13H19N3O5S/c1-2-9-22(20,21)16-11-5-3-10(4-6-11)15-13(19)14-8-7-12(17)18/h3-6,16H,2,7-9H2,1H3,(H,17,18)(H2,14,15,19). The molecule has 22 heavy (non-hydrogen) atoms. The summed E-state index contributed by atoms with van der Waals surface area (Å²) in [5, 5.41) is 13.4. The van der Waals surface area contributed by atoms with E-state index in [9.17, 15) is 18.0 Å². The van der Waals surface area contributed by atoms with Crippen molar-refractivity contribution >= 4 is 33.4 Å². The number of carboxylic acids is 1. The topological polar surface area (TPSA) is 125 Å². The summed E-state index contributed by atoms with van der Waals surface area (Å²) < 4.78 is 25.6. The Morgan fingerprint density at radius 1 is 1.14 bits per heavy atom. The Balaban J connectivity index is 2.51. The highest BCUT2D eigenvalue weighted by Gasteiger charge is 2.09. The monoisotopic (exact) mass is 329 g/mol. The summed E-state index contributed by atoms with van der Waals surface area (Å²) in [6, 6.07) is 5.61. The van der Waals surface area contributed by atoms with Gasteiger partial charge >= 0.3 is 12.0 Å². The van der Waals surface area contributed by atoms with Crippen LogP contribution in [0.15, 0.2) is 24.3 Å². The van der Waals surface area contributed by atoms with E-state index in [0.29, 0.717) is 17.8 Å². The predicted molar refractivity (Wildman–Crippen MR) is 83.4 cm³/mol. The fraction of sp³-hybridized carbons (Fsp3) is 0.385. The first-order valence-corrected chi connectivity index (χ1v) is 8.35. The maximum absolute atomic E-state index is 11.6. The molecule has 122 valence electrons. The predicted octanol–water partition coefficient (Wildman–Crippen LogP) is 1.43. The van der Waals surface area contributed by atoms with E-state index in [1.807, 2.05) is 0 Å². The Bertz CT molecular complexity index is 613. The number of urea groups is 1. The van der Waals surface area contributed by atoms with Gasteiger partial charge in [0.1, 0.15) is 0 Å². The van der Waals surface area contributed by atoms with Gasteiger partial charge in [-0.25, -0.2) is 13.2 Å². The maximum Gasteiger partial charge on any atom is 0.319 e. The Kier molecular flexibility index (Phi) is 6.64. The van der Waals surface area contributed by atoms with Crippen LogP contribution in [0.2, 0.25) is 0 Å². The molecule has 1 aromatic carbocycles. The third-order valence-corrected chi connectivity index (χ3v) is 4.01. The minimum atomic E-state index is -3.35. The molecule has 0 aliphatic rings. The molecular weight excluding hydrogens is 310 g/mol. The van der Waals surface area contributed by atoms with E-state index in [-0.39, 0.29) is 18.7 Å². The quantitative estimate of drug-likeness (QED) is 0.574. The van der Waals surface area contributed by atoms with Gasteiger partial charge in [-0.3, -0.25) is 9.52 Å². The van der Waals surface area contributed by atoms with Crippen molar-refractivity contribution in [3.05, 3.63) is 24.3 Å². The van der Waals surface area contributed by atoms with Gasteiger partial charge in [-0.15, -0.1) is 0 Å². The fourth-order valence-corrected chi connectivity index (χ4v) is 2.71. The zero-order valence-electron chi connectivity index (χ0n) is 12.1. The number of anilines is 2. The van der Waals surface area contributed by atoms with Crippen molar-refractivity contribution in [1.82, 2.24) is 5.32 Å². The van der Waals surface area contributed by atoms with E-state index < -0.39 is 22.0 Å². The molecule has 0 radical (unpaired) electrons. The van der Waals surface area contributed by atoms with Crippen molar-refractivity contribution < 1.29 is 23.1 Å². The third-order valence-electron chi connectivity index (χ3n) is 2.51. The second-order valence-electron chi connectivity index (χ2n) is 4.52. The molecule has 8 nitrogen and oxygen atoms in total. The lowest BCUT2D eigenvalue weighted by atomic mass is 10.3. The summed E-state index contributed by atoms with van der Waals surface area (Å²) in [5.41, 5.74) is 0.872. The summed E-state index contributed by atoms with van der Waals surface area (Å²) >= 11 is 0. The molecule has 0 aliphatic heterocycles. The number of hydrogen-bond acceptors (Lipinski definition) is 4. The highest BCUT2D eigenvalue weighted by molar-refractivity contribution is 7.92. The molecule has 0 fully saturated rings. The highest BCUT2D eigenvalue weighted by Crippen LogP contribution is 2.15. The average Bonchev–Trinajstić information content (AvgIpc) is 2.40. The number of carbonyl (C=O) groups is 2. The van der Waals surface area contributed by atoms with Crippen molar-refractivity contribution in [3.8, 4) is 0 Å². The molecule has 1 rings (SSSR count). The molecule has 0 unspecified atom stereocenters. The van der Waals surface area contributed by atoms with E-state index in [1.165, 1.54) is 12.1 Å². The largest absolute Gasteiger partial charge is 0.481 e. The van der Waals surface area contributed by atoms with Crippen molar-refractivity contribution in [2.24, 2.45) is 0 Å². The lowest BCUT2D eigenvalue weighted by Crippen LogP contribution is -2.30. The number of aliphatic carboxylic acids is 1. The van der Waals surface area contributed by atoms with Gasteiger partial charge in [-0.05, 0) is 30.7 Å². The van der Waals surface area contributed by atoms with Crippen molar-refractivity contribution in [3.63, 3.8) is 0 Å². The lowest BCUT2D eigenvalue weighted by Gasteiger charge is -2.09. The first-order chi connectivity index (χ1) is 10.3. The zero-order chi connectivity index (χ0) is 16.6. The molecule has 0 saturated carbocycles. The van der Waals surface area contributed by atoms with Gasteiger partial charge in [0, 0.05) is 17.9 Å². The smallest absolute Gasteiger partial charge is 0.319 e. The summed E-state index contributed by atoms with van der Waals surface area (Å²) in [7, 11) is -3.35. The molecule has 0 aliphatic carbocycles. The Morgan fingerprint density at radius 3 is 2.27 bits per heavy atom. The molecule has 0 aromatic heterocycles. The van der Waals surface area contributed by atoms with E-state index in [0.717, 1.165) is 0 Å². The van der Waals surface area contributed by atoms with Crippen LogP contribution in [0.1, 0.15) is 19.8 Å².